The molecule has 1 aromatic heterocycles. The molecule has 0 saturated heterocycles. The minimum Gasteiger partial charge on any atom is -0.494 e. The number of hydrogen-bond donors (Lipinski definition) is 1. The van der Waals surface area contributed by atoms with E-state index in [0.29, 0.717) is 68.0 Å². The van der Waals surface area contributed by atoms with Crippen molar-refractivity contribution in [2.45, 2.75) is 66.8 Å². The van der Waals surface area contributed by atoms with Crippen LogP contribution >= 0.6 is 0 Å². The van der Waals surface area contributed by atoms with Crippen LogP contribution in [0.15, 0.2) is 78.4 Å². The Labute approximate surface area is 271 Å². The molecule has 1 aliphatic heterocycles. The number of ether oxygens (including phenoxy) is 2. The van der Waals surface area contributed by atoms with Crippen LogP contribution in [0.3, 0.4) is 0 Å². The number of para-hydroxylation sites is 1. The van der Waals surface area contributed by atoms with Crippen molar-refractivity contribution in [2.75, 3.05) is 31.2 Å². The smallest absolute Gasteiger partial charge is 0.251 e. The molecule has 244 valence electrons. The van der Waals surface area contributed by atoms with Gasteiger partial charge in [0.1, 0.15) is 11.6 Å². The summed E-state index contributed by atoms with van der Waals surface area (Å²) in [5.74, 6) is 0.708. The lowest BCUT2D eigenvalue weighted by molar-refractivity contribution is -0.118. The summed E-state index contributed by atoms with van der Waals surface area (Å²) < 4.78 is 29.0. The summed E-state index contributed by atoms with van der Waals surface area (Å²) in [6, 6.07) is 8.74. The normalized spacial score (nSPS) is 13.7. The van der Waals surface area contributed by atoms with Crippen LogP contribution in [0.5, 0.6) is 5.75 Å². The van der Waals surface area contributed by atoms with Crippen LogP contribution in [0.2, 0.25) is 0 Å². The van der Waals surface area contributed by atoms with Gasteiger partial charge < -0.3 is 19.7 Å². The Balaban J connectivity index is 1.47. The number of carbonyl (C=O) groups excluding carboxylic acids is 2. The number of fused-ring (bicyclic) bond motifs is 1. The third kappa shape index (κ3) is 8.13. The first-order chi connectivity index (χ1) is 22.2. The Morgan fingerprint density at radius 1 is 1.24 bits per heavy atom. The minimum atomic E-state index is -0.449. The molecular weight excluding hydrogens is 583 g/mol. The van der Waals surface area contributed by atoms with Crippen molar-refractivity contribution in [3.63, 3.8) is 0 Å². The van der Waals surface area contributed by atoms with Gasteiger partial charge in [0, 0.05) is 48.0 Å². The molecule has 0 bridgehead atoms. The summed E-state index contributed by atoms with van der Waals surface area (Å²) >= 11 is 0. The molecule has 0 saturated carbocycles. The lowest BCUT2D eigenvalue weighted by Gasteiger charge is -2.23. The van der Waals surface area contributed by atoms with Crippen molar-refractivity contribution in [1.29, 1.82) is 0 Å². The topological polar surface area (TPSA) is 85.7 Å². The monoisotopic (exact) mass is 628 g/mol. The van der Waals surface area contributed by atoms with E-state index in [1.54, 1.807) is 34.8 Å². The van der Waals surface area contributed by atoms with Crippen LogP contribution < -0.4 is 15.0 Å². The van der Waals surface area contributed by atoms with Crippen LogP contribution in [0.1, 0.15) is 74.9 Å². The maximum atomic E-state index is 15.2. The van der Waals surface area contributed by atoms with E-state index < -0.39 is 5.82 Å². The molecule has 0 aliphatic carbocycles. The number of aryl methyl sites for hydroxylation is 1. The van der Waals surface area contributed by atoms with Crippen LogP contribution in [0.4, 0.5) is 10.1 Å². The maximum absolute atomic E-state index is 15.2. The quantitative estimate of drug-likeness (QED) is 0.120. The van der Waals surface area contributed by atoms with Crippen molar-refractivity contribution in [3.05, 3.63) is 101 Å². The summed E-state index contributed by atoms with van der Waals surface area (Å²) in [4.78, 5) is 27.6. The number of nitrogens with zero attached hydrogens (tertiary/aromatic N) is 3. The van der Waals surface area contributed by atoms with Crippen LogP contribution in [-0.2, 0) is 16.1 Å². The molecule has 2 aromatic carbocycles. The van der Waals surface area contributed by atoms with E-state index in [2.05, 4.69) is 17.0 Å². The fourth-order valence-electron chi connectivity index (χ4n) is 5.39. The minimum absolute atomic E-state index is 0.0116. The molecule has 0 unspecified atom stereocenters. The molecular formula is C37H45FN4O4. The molecule has 1 N–H and O–H groups in total. The zero-order valence-corrected chi connectivity index (χ0v) is 27.6. The molecule has 0 fully saturated rings. The summed E-state index contributed by atoms with van der Waals surface area (Å²) in [6.45, 7) is 15.7. The summed E-state index contributed by atoms with van der Waals surface area (Å²) in [5.41, 5.74) is 5.86. The van der Waals surface area contributed by atoms with Crippen molar-refractivity contribution in [1.82, 2.24) is 15.1 Å². The van der Waals surface area contributed by atoms with Crippen molar-refractivity contribution in [3.8, 4) is 16.9 Å². The molecule has 1 aliphatic rings. The van der Waals surface area contributed by atoms with E-state index in [1.807, 2.05) is 58.2 Å². The lowest BCUT2D eigenvalue weighted by atomic mass is 10.0. The Kier molecular flexibility index (Phi) is 11.9. The van der Waals surface area contributed by atoms with E-state index in [-0.39, 0.29) is 18.4 Å². The second-order valence-electron chi connectivity index (χ2n) is 11.5. The molecule has 0 radical (unpaired) electrons. The third-order valence-corrected chi connectivity index (χ3v) is 8.16. The molecule has 0 spiro atoms. The average molecular weight is 629 g/mol. The number of anilines is 1. The number of halogens is 1. The Morgan fingerprint density at radius 3 is 2.76 bits per heavy atom. The summed E-state index contributed by atoms with van der Waals surface area (Å²) in [6.07, 6.45) is 9.72. The predicted octanol–water partition coefficient (Wildman–Crippen LogP) is 7.52. The number of hydrogen-bond acceptors (Lipinski definition) is 5. The maximum Gasteiger partial charge on any atom is 0.251 e. The zero-order valence-electron chi connectivity index (χ0n) is 27.6. The van der Waals surface area contributed by atoms with Gasteiger partial charge in [-0.25, -0.2) is 4.39 Å². The van der Waals surface area contributed by atoms with Gasteiger partial charge in [-0.3, -0.25) is 14.3 Å². The first-order valence-electron chi connectivity index (χ1n) is 15.9. The summed E-state index contributed by atoms with van der Waals surface area (Å²) in [7, 11) is 0. The first kappa shape index (κ1) is 34.2. The number of allylic oxidation sites excluding steroid dienone is 4. The van der Waals surface area contributed by atoms with Gasteiger partial charge >= 0.3 is 0 Å². The molecule has 3 aromatic rings. The van der Waals surface area contributed by atoms with Gasteiger partial charge in [0.2, 0.25) is 5.91 Å². The fourth-order valence-corrected chi connectivity index (χ4v) is 5.39. The van der Waals surface area contributed by atoms with Crippen molar-refractivity contribution in [2.24, 2.45) is 0 Å². The van der Waals surface area contributed by atoms with Gasteiger partial charge in [-0.1, -0.05) is 31.7 Å². The highest BCUT2D eigenvalue weighted by Crippen LogP contribution is 2.40. The van der Waals surface area contributed by atoms with E-state index >= 15 is 4.39 Å². The van der Waals surface area contributed by atoms with Gasteiger partial charge in [0.15, 0.2) is 5.75 Å². The first-order valence-corrected chi connectivity index (χ1v) is 15.9. The fraction of sp³-hybridized carbons (Fsp3) is 0.378. The van der Waals surface area contributed by atoms with Gasteiger partial charge in [0.05, 0.1) is 31.6 Å². The van der Waals surface area contributed by atoms with E-state index in [4.69, 9.17) is 9.47 Å². The van der Waals surface area contributed by atoms with Crippen molar-refractivity contribution >= 4 is 17.5 Å². The highest BCUT2D eigenvalue weighted by molar-refractivity contribution is 5.97. The number of nitrogens with one attached hydrogen (secondary N) is 1. The molecule has 0 atom stereocenters. The second kappa shape index (κ2) is 16.1. The molecule has 8 nitrogen and oxygen atoms in total. The third-order valence-electron chi connectivity index (χ3n) is 8.16. The SMILES string of the molecule is C=C/C(C)=C(C)\C(=C/C)OCCCC(=O)N1CCCOc2c(-c3cnn(Cc4c(C)cc(C(=O)NCCC)cc4F)c3)cccc21. The second-order valence-corrected chi connectivity index (χ2v) is 11.5. The number of aromatic nitrogens is 2. The number of amides is 2. The summed E-state index contributed by atoms with van der Waals surface area (Å²) in [5, 5.41) is 7.29. The number of benzene rings is 2. The number of carbonyl (C=O) groups is 2. The van der Waals surface area contributed by atoms with E-state index in [1.165, 1.54) is 6.07 Å². The molecule has 2 amide bonds. The standard InChI is InChI=1S/C37H45FN4O4/c1-7-16-39-37(44)28-20-26(5)31(32(38)21-28)24-41-23-29(22-40-41)30-13-10-14-33-36(30)46-19-12-17-42(33)35(43)15-11-18-45-34(9-3)27(6)25(4)8-2/h8-10,13-14,20-23H,2,7,11-12,15-19,24H2,1,3-6H3,(H,39,44)/b27-25-,34-9+. The highest BCUT2D eigenvalue weighted by Gasteiger charge is 2.25. The Bertz CT molecular complexity index is 1610. The Hall–Kier alpha value is -4.66. The molecule has 2 heterocycles. The van der Waals surface area contributed by atoms with Gasteiger partial charge in [-0.05, 0) is 87.9 Å². The van der Waals surface area contributed by atoms with Crippen LogP contribution in [-0.4, -0.2) is 47.9 Å². The van der Waals surface area contributed by atoms with Gasteiger partial charge in [-0.15, -0.1) is 0 Å². The highest BCUT2D eigenvalue weighted by atomic mass is 19.1. The Morgan fingerprint density at radius 2 is 2.04 bits per heavy atom. The zero-order chi connectivity index (χ0) is 33.2. The van der Waals surface area contributed by atoms with Crippen LogP contribution in [0, 0.1) is 12.7 Å². The van der Waals surface area contributed by atoms with Crippen LogP contribution in [0.25, 0.3) is 11.1 Å². The molecule has 4 rings (SSSR count). The van der Waals surface area contributed by atoms with E-state index in [9.17, 15) is 9.59 Å². The number of rotatable bonds is 13. The molecule has 9 heteroatoms. The average Bonchev–Trinajstić information content (AvgIpc) is 3.41. The predicted molar refractivity (Wildman–Crippen MR) is 181 cm³/mol. The lowest BCUT2D eigenvalue weighted by Crippen LogP contribution is -2.31. The van der Waals surface area contributed by atoms with Gasteiger partial charge in [0.25, 0.3) is 5.91 Å². The van der Waals surface area contributed by atoms with Crippen molar-refractivity contribution < 1.29 is 23.5 Å². The van der Waals surface area contributed by atoms with Gasteiger partial charge in [-0.2, -0.15) is 5.10 Å². The molecule has 46 heavy (non-hydrogen) atoms. The largest absolute Gasteiger partial charge is 0.494 e. The van der Waals surface area contributed by atoms with E-state index in [0.717, 1.165) is 40.1 Å².